The van der Waals surface area contributed by atoms with Crippen LogP contribution in [0.15, 0.2) is 24.3 Å². The molecule has 0 aliphatic carbocycles. The minimum absolute atomic E-state index is 0.128. The third-order valence-electron chi connectivity index (χ3n) is 4.61. The average Bonchev–Trinajstić information content (AvgIpc) is 3.03. The Morgan fingerprint density at radius 1 is 1.00 bits per heavy atom. The van der Waals surface area contributed by atoms with E-state index in [0.717, 1.165) is 51.6 Å². The highest BCUT2D eigenvalue weighted by atomic mass is 16.5. The maximum atomic E-state index is 12.0. The van der Waals surface area contributed by atoms with Crippen LogP contribution in [0.4, 0.5) is 5.69 Å². The number of hydrogen-bond donors (Lipinski definition) is 3. The van der Waals surface area contributed by atoms with E-state index in [4.69, 9.17) is 4.74 Å². The summed E-state index contributed by atoms with van der Waals surface area (Å²) in [6.45, 7) is 7.79. The summed E-state index contributed by atoms with van der Waals surface area (Å²) in [5.74, 6) is 0.128. The van der Waals surface area contributed by atoms with E-state index in [1.165, 1.54) is 23.3 Å². The van der Waals surface area contributed by atoms with Crippen LogP contribution in [0, 0.1) is 0 Å². The summed E-state index contributed by atoms with van der Waals surface area (Å²) in [5, 5.41) is 3.01. The van der Waals surface area contributed by atoms with E-state index in [0.29, 0.717) is 6.54 Å². The monoisotopic (exact) mass is 305 g/mol. The number of morpholine rings is 1. The summed E-state index contributed by atoms with van der Waals surface area (Å²) in [6, 6.07) is 8.29. The summed E-state index contributed by atoms with van der Waals surface area (Å²) in [5.41, 5.74) is 2.23. The van der Waals surface area contributed by atoms with E-state index in [9.17, 15) is 4.79 Å². The van der Waals surface area contributed by atoms with Gasteiger partial charge in [0.15, 0.2) is 6.54 Å². The first-order valence-corrected chi connectivity index (χ1v) is 8.43. The van der Waals surface area contributed by atoms with Gasteiger partial charge >= 0.3 is 0 Å². The number of likely N-dealkylation sites (tertiary alicyclic amines) is 1. The van der Waals surface area contributed by atoms with Crippen molar-refractivity contribution in [2.45, 2.75) is 19.4 Å². The Balaban J connectivity index is 1.47. The van der Waals surface area contributed by atoms with Crippen molar-refractivity contribution in [3.63, 3.8) is 0 Å². The van der Waals surface area contributed by atoms with Gasteiger partial charge in [-0.2, -0.15) is 0 Å². The molecule has 0 saturated carbocycles. The molecule has 1 aromatic carbocycles. The number of hydrogen-bond acceptors (Lipinski definition) is 2. The molecule has 1 aromatic rings. The fraction of sp³-hybridized carbons (Fsp3) is 0.588. The minimum Gasteiger partial charge on any atom is -0.370 e. The van der Waals surface area contributed by atoms with Crippen molar-refractivity contribution in [3.8, 4) is 0 Å². The lowest BCUT2D eigenvalue weighted by Gasteiger charge is -2.23. The predicted octanol–water partition coefficient (Wildman–Crippen LogP) is -1.28. The number of nitrogens with one attached hydrogen (secondary N) is 3. The van der Waals surface area contributed by atoms with Crippen molar-refractivity contribution in [1.29, 1.82) is 0 Å². The maximum Gasteiger partial charge on any atom is 0.279 e. The molecule has 22 heavy (non-hydrogen) atoms. The van der Waals surface area contributed by atoms with Crippen LogP contribution in [-0.2, 0) is 16.1 Å². The van der Waals surface area contributed by atoms with Crippen molar-refractivity contribution >= 4 is 11.6 Å². The average molecular weight is 305 g/mol. The molecule has 120 valence electrons. The quantitative estimate of drug-likeness (QED) is 0.635. The van der Waals surface area contributed by atoms with E-state index in [-0.39, 0.29) is 5.91 Å². The predicted molar refractivity (Wildman–Crippen MR) is 85.1 cm³/mol. The van der Waals surface area contributed by atoms with Crippen molar-refractivity contribution in [2.24, 2.45) is 0 Å². The van der Waals surface area contributed by atoms with Crippen molar-refractivity contribution < 1.29 is 19.3 Å². The van der Waals surface area contributed by atoms with Crippen LogP contribution in [0.2, 0.25) is 0 Å². The Bertz CT molecular complexity index is 477. The molecule has 0 spiro atoms. The second kappa shape index (κ2) is 7.72. The topological polar surface area (TPSA) is 47.2 Å². The second-order valence-corrected chi connectivity index (χ2v) is 6.42. The molecule has 5 heteroatoms. The zero-order valence-corrected chi connectivity index (χ0v) is 13.2. The third kappa shape index (κ3) is 4.53. The maximum absolute atomic E-state index is 12.0. The highest BCUT2D eigenvalue weighted by Crippen LogP contribution is 2.08. The zero-order valence-electron chi connectivity index (χ0n) is 13.2. The summed E-state index contributed by atoms with van der Waals surface area (Å²) in [7, 11) is 0. The normalized spacial score (nSPS) is 20.2. The summed E-state index contributed by atoms with van der Waals surface area (Å²) < 4.78 is 5.38. The molecule has 2 aliphatic rings. The van der Waals surface area contributed by atoms with Gasteiger partial charge in [0.05, 0.1) is 26.3 Å². The fourth-order valence-corrected chi connectivity index (χ4v) is 3.32. The number of quaternary nitrogens is 2. The lowest BCUT2D eigenvalue weighted by molar-refractivity contribution is -0.921. The molecule has 1 amide bonds. The van der Waals surface area contributed by atoms with Gasteiger partial charge in [-0.15, -0.1) is 0 Å². The van der Waals surface area contributed by atoms with Crippen LogP contribution in [0.1, 0.15) is 18.4 Å². The first-order chi connectivity index (χ1) is 10.8. The molecule has 0 aromatic heterocycles. The van der Waals surface area contributed by atoms with Crippen LogP contribution < -0.4 is 15.1 Å². The number of amides is 1. The fourth-order valence-electron chi connectivity index (χ4n) is 3.32. The largest absolute Gasteiger partial charge is 0.370 e. The van der Waals surface area contributed by atoms with Crippen molar-refractivity contribution in [1.82, 2.24) is 0 Å². The molecule has 3 rings (SSSR count). The van der Waals surface area contributed by atoms with E-state index >= 15 is 0 Å². The van der Waals surface area contributed by atoms with Crippen LogP contribution in [0.3, 0.4) is 0 Å². The molecule has 2 fully saturated rings. The Kier molecular flexibility index (Phi) is 5.43. The van der Waals surface area contributed by atoms with Gasteiger partial charge in [-0.1, -0.05) is 12.1 Å². The van der Waals surface area contributed by atoms with Gasteiger partial charge in [0.1, 0.15) is 19.6 Å². The number of carbonyl (C=O) groups excluding carboxylic acids is 1. The Labute approximate surface area is 132 Å². The molecular formula is C17H27N3O2+2. The first kappa shape index (κ1) is 15.5. The van der Waals surface area contributed by atoms with Crippen molar-refractivity contribution in [3.05, 3.63) is 29.8 Å². The molecular weight excluding hydrogens is 278 g/mol. The molecule has 5 nitrogen and oxygen atoms in total. The van der Waals surface area contributed by atoms with Gasteiger partial charge < -0.3 is 19.9 Å². The van der Waals surface area contributed by atoms with Crippen LogP contribution in [0.5, 0.6) is 0 Å². The molecule has 2 aliphatic heterocycles. The highest BCUT2D eigenvalue weighted by molar-refractivity contribution is 5.91. The number of carbonyl (C=O) groups is 1. The Morgan fingerprint density at radius 3 is 2.36 bits per heavy atom. The third-order valence-corrected chi connectivity index (χ3v) is 4.61. The molecule has 0 atom stereocenters. The molecule has 3 N–H and O–H groups in total. The molecule has 0 unspecified atom stereocenters. The number of rotatable bonds is 5. The number of ether oxygens (including phenoxy) is 1. The molecule has 0 bridgehead atoms. The molecule has 2 saturated heterocycles. The summed E-state index contributed by atoms with van der Waals surface area (Å²) in [6.07, 6.45) is 2.50. The van der Waals surface area contributed by atoms with Gasteiger partial charge in [0.25, 0.3) is 5.91 Å². The number of anilines is 1. The van der Waals surface area contributed by atoms with E-state index in [1.54, 1.807) is 4.90 Å². The van der Waals surface area contributed by atoms with Crippen LogP contribution in [-0.4, -0.2) is 51.8 Å². The Hall–Kier alpha value is -1.43. The zero-order chi connectivity index (χ0) is 15.2. The van der Waals surface area contributed by atoms with Crippen molar-refractivity contribution in [2.75, 3.05) is 51.3 Å². The van der Waals surface area contributed by atoms with E-state index in [2.05, 4.69) is 17.4 Å². The SMILES string of the molecule is O=C(C[NH+]1CCCC1)Nc1ccc(C[NH+]2CCOCC2)cc1. The van der Waals surface area contributed by atoms with Gasteiger partial charge in [0, 0.05) is 24.1 Å². The number of benzene rings is 1. The van der Waals surface area contributed by atoms with E-state index in [1.807, 2.05) is 12.1 Å². The molecule has 0 radical (unpaired) electrons. The summed E-state index contributed by atoms with van der Waals surface area (Å²) >= 11 is 0. The van der Waals surface area contributed by atoms with Gasteiger partial charge in [0.2, 0.25) is 0 Å². The molecule has 2 heterocycles. The second-order valence-electron chi connectivity index (χ2n) is 6.42. The lowest BCUT2D eigenvalue weighted by Crippen LogP contribution is -3.12. The first-order valence-electron chi connectivity index (χ1n) is 8.43. The summed E-state index contributed by atoms with van der Waals surface area (Å²) in [4.78, 5) is 15.0. The smallest absolute Gasteiger partial charge is 0.279 e. The lowest BCUT2D eigenvalue weighted by atomic mass is 10.2. The Morgan fingerprint density at radius 2 is 1.68 bits per heavy atom. The van der Waals surface area contributed by atoms with Crippen LogP contribution in [0.25, 0.3) is 0 Å². The minimum atomic E-state index is 0.128. The van der Waals surface area contributed by atoms with Crippen LogP contribution >= 0.6 is 0 Å². The highest BCUT2D eigenvalue weighted by Gasteiger charge is 2.19. The van der Waals surface area contributed by atoms with E-state index < -0.39 is 0 Å². The van der Waals surface area contributed by atoms with Gasteiger partial charge in [-0.25, -0.2) is 0 Å². The van der Waals surface area contributed by atoms with Gasteiger partial charge in [-0.05, 0) is 12.1 Å². The van der Waals surface area contributed by atoms with Gasteiger partial charge in [-0.3, -0.25) is 4.79 Å². The standard InChI is InChI=1S/C17H25N3O2/c21-17(14-19-7-1-2-8-19)18-16-5-3-15(4-6-16)13-20-9-11-22-12-10-20/h3-6H,1-2,7-14H2,(H,18,21)/p+2.